The van der Waals surface area contributed by atoms with Crippen molar-refractivity contribution in [2.24, 2.45) is 0 Å². The van der Waals surface area contributed by atoms with E-state index in [4.69, 9.17) is 4.74 Å². The van der Waals surface area contributed by atoms with Gasteiger partial charge in [0.25, 0.3) is 5.56 Å². The Hall–Kier alpha value is -3.45. The fraction of sp³-hybridized carbons (Fsp3) is 0.261. The van der Waals surface area contributed by atoms with E-state index < -0.39 is 6.10 Å². The number of hydrogen-bond donors (Lipinski definition) is 1. The topological polar surface area (TPSA) is 82.2 Å². The molecule has 1 atom stereocenters. The summed E-state index contributed by atoms with van der Waals surface area (Å²) in [6.45, 7) is 5.87. The summed E-state index contributed by atoms with van der Waals surface area (Å²) in [5.41, 5.74) is 3.19. The first-order valence-electron chi connectivity index (χ1n) is 9.83. The lowest BCUT2D eigenvalue weighted by atomic mass is 10.1. The van der Waals surface area contributed by atoms with E-state index in [1.54, 1.807) is 11.6 Å². The summed E-state index contributed by atoms with van der Waals surface area (Å²) in [5, 5.41) is 15.2. The van der Waals surface area contributed by atoms with Crippen molar-refractivity contribution >= 4 is 11.0 Å². The molecule has 0 amide bonds. The molecule has 7 nitrogen and oxygen atoms in total. The van der Waals surface area contributed by atoms with Crippen LogP contribution in [0.1, 0.15) is 17.0 Å². The van der Waals surface area contributed by atoms with Crippen LogP contribution < -0.4 is 10.3 Å². The predicted octanol–water partition coefficient (Wildman–Crippen LogP) is 2.95. The number of rotatable bonds is 6. The van der Waals surface area contributed by atoms with Crippen LogP contribution in [-0.2, 0) is 6.54 Å². The van der Waals surface area contributed by atoms with Crippen LogP contribution in [0.25, 0.3) is 16.7 Å². The molecule has 0 spiro atoms. The van der Waals surface area contributed by atoms with Crippen LogP contribution >= 0.6 is 0 Å². The highest BCUT2D eigenvalue weighted by atomic mass is 16.5. The average molecular weight is 404 g/mol. The molecule has 4 rings (SSSR count). The maximum absolute atomic E-state index is 13.0. The van der Waals surface area contributed by atoms with Gasteiger partial charge in [-0.25, -0.2) is 9.67 Å². The first kappa shape index (κ1) is 19.8. The highest BCUT2D eigenvalue weighted by molar-refractivity contribution is 5.75. The Bertz CT molecular complexity index is 1240. The molecule has 0 aliphatic carbocycles. The molecule has 0 unspecified atom stereocenters. The molecule has 0 radical (unpaired) electrons. The van der Waals surface area contributed by atoms with Gasteiger partial charge in [-0.15, -0.1) is 0 Å². The second kappa shape index (κ2) is 8.12. The fourth-order valence-corrected chi connectivity index (χ4v) is 3.39. The minimum absolute atomic E-state index is 0.0808. The molecule has 30 heavy (non-hydrogen) atoms. The van der Waals surface area contributed by atoms with Gasteiger partial charge in [0, 0.05) is 0 Å². The molecule has 0 saturated carbocycles. The zero-order chi connectivity index (χ0) is 21.3. The van der Waals surface area contributed by atoms with Crippen molar-refractivity contribution in [3.8, 4) is 11.4 Å². The minimum Gasteiger partial charge on any atom is -0.491 e. The maximum Gasteiger partial charge on any atom is 0.264 e. The summed E-state index contributed by atoms with van der Waals surface area (Å²) >= 11 is 0. The van der Waals surface area contributed by atoms with Crippen LogP contribution in [0, 0.1) is 20.8 Å². The van der Waals surface area contributed by atoms with E-state index in [2.05, 4.69) is 10.1 Å². The Kier molecular flexibility index (Phi) is 5.37. The van der Waals surface area contributed by atoms with Crippen LogP contribution in [0.2, 0.25) is 0 Å². The third kappa shape index (κ3) is 3.84. The molecule has 1 N–H and O–H groups in total. The molecule has 7 heteroatoms. The van der Waals surface area contributed by atoms with Crippen molar-refractivity contribution in [2.75, 3.05) is 6.61 Å². The second-order valence-corrected chi connectivity index (χ2v) is 7.44. The lowest BCUT2D eigenvalue weighted by Gasteiger charge is -2.17. The van der Waals surface area contributed by atoms with Gasteiger partial charge in [-0.3, -0.25) is 9.36 Å². The number of aromatic nitrogens is 4. The molecule has 0 aliphatic heterocycles. The third-order valence-corrected chi connectivity index (χ3v) is 5.05. The van der Waals surface area contributed by atoms with Crippen molar-refractivity contribution in [1.82, 2.24) is 19.3 Å². The Labute approximate surface area is 174 Å². The number of aliphatic hydroxyl groups is 1. The van der Waals surface area contributed by atoms with E-state index in [1.807, 2.05) is 62.4 Å². The van der Waals surface area contributed by atoms with Crippen molar-refractivity contribution in [1.29, 1.82) is 0 Å². The number of aryl methyl sites for hydroxylation is 3. The zero-order valence-corrected chi connectivity index (χ0v) is 17.2. The van der Waals surface area contributed by atoms with E-state index >= 15 is 0 Å². The van der Waals surface area contributed by atoms with Crippen LogP contribution in [0.15, 0.2) is 59.5 Å². The first-order valence-corrected chi connectivity index (χ1v) is 9.83. The summed E-state index contributed by atoms with van der Waals surface area (Å²) in [7, 11) is 0. The van der Waals surface area contributed by atoms with Gasteiger partial charge >= 0.3 is 0 Å². The number of aliphatic hydroxyl groups excluding tert-OH is 1. The van der Waals surface area contributed by atoms with Gasteiger partial charge in [-0.2, -0.15) is 5.10 Å². The standard InChI is InChI=1S/C23H24N4O3/c1-15-9-10-16(2)21(11-15)30-14-19(28)13-26-17(3)25-22-20(23(26)29)12-24-27(22)18-7-5-4-6-8-18/h4-12,19,28H,13-14H2,1-3H3/t19-/m1/s1. The molecule has 2 heterocycles. The summed E-state index contributed by atoms with van der Waals surface area (Å²) in [5.74, 6) is 1.24. The lowest BCUT2D eigenvalue weighted by Crippen LogP contribution is -2.32. The SMILES string of the molecule is Cc1ccc(C)c(OC[C@H](O)Cn2c(C)nc3c(cnn3-c3ccccc3)c2=O)c1. The number of para-hydroxylation sites is 1. The summed E-state index contributed by atoms with van der Waals surface area (Å²) in [6.07, 6.45) is 0.664. The molecular weight excluding hydrogens is 380 g/mol. The molecule has 0 fully saturated rings. The smallest absolute Gasteiger partial charge is 0.264 e. The van der Waals surface area contributed by atoms with E-state index in [0.717, 1.165) is 22.6 Å². The van der Waals surface area contributed by atoms with Gasteiger partial charge in [0.2, 0.25) is 0 Å². The Morgan fingerprint density at radius 3 is 2.63 bits per heavy atom. The number of nitrogens with zero attached hydrogens (tertiary/aromatic N) is 4. The van der Waals surface area contributed by atoms with Crippen molar-refractivity contribution in [3.63, 3.8) is 0 Å². The first-order chi connectivity index (χ1) is 14.4. The lowest BCUT2D eigenvalue weighted by molar-refractivity contribution is 0.0905. The van der Waals surface area contributed by atoms with Crippen molar-refractivity contribution in [3.05, 3.63) is 82.0 Å². The molecule has 154 valence electrons. The monoisotopic (exact) mass is 404 g/mol. The van der Waals surface area contributed by atoms with E-state index in [-0.39, 0.29) is 18.7 Å². The number of benzene rings is 2. The van der Waals surface area contributed by atoms with Gasteiger partial charge in [-0.05, 0) is 50.1 Å². The van der Waals surface area contributed by atoms with Crippen LogP contribution in [0.5, 0.6) is 5.75 Å². The molecule has 2 aromatic heterocycles. The van der Waals surface area contributed by atoms with Crippen LogP contribution in [-0.4, -0.2) is 37.1 Å². The van der Waals surface area contributed by atoms with Gasteiger partial charge < -0.3 is 9.84 Å². The Morgan fingerprint density at radius 2 is 1.87 bits per heavy atom. The van der Waals surface area contributed by atoms with Crippen molar-refractivity contribution < 1.29 is 9.84 Å². The fourth-order valence-electron chi connectivity index (χ4n) is 3.39. The van der Waals surface area contributed by atoms with E-state index in [0.29, 0.717) is 16.9 Å². The highest BCUT2D eigenvalue weighted by Gasteiger charge is 2.17. The predicted molar refractivity (Wildman–Crippen MR) is 115 cm³/mol. The van der Waals surface area contributed by atoms with Gasteiger partial charge in [0.1, 0.15) is 29.7 Å². The summed E-state index contributed by atoms with van der Waals surface area (Å²) in [6, 6.07) is 15.5. The van der Waals surface area contributed by atoms with Crippen molar-refractivity contribution in [2.45, 2.75) is 33.4 Å². The molecule has 0 aliphatic rings. The average Bonchev–Trinajstić information content (AvgIpc) is 3.16. The highest BCUT2D eigenvalue weighted by Crippen LogP contribution is 2.19. The van der Waals surface area contributed by atoms with Crippen LogP contribution in [0.4, 0.5) is 0 Å². The molecule has 0 saturated heterocycles. The number of fused-ring (bicyclic) bond motifs is 1. The third-order valence-electron chi connectivity index (χ3n) is 5.05. The number of ether oxygens (including phenoxy) is 1. The van der Waals surface area contributed by atoms with Gasteiger partial charge in [-0.1, -0.05) is 30.3 Å². The molecular formula is C23H24N4O3. The minimum atomic E-state index is -0.857. The summed E-state index contributed by atoms with van der Waals surface area (Å²) in [4.78, 5) is 17.6. The van der Waals surface area contributed by atoms with E-state index in [1.165, 1.54) is 10.8 Å². The number of hydrogen-bond acceptors (Lipinski definition) is 5. The molecule has 4 aromatic rings. The van der Waals surface area contributed by atoms with E-state index in [9.17, 15) is 9.90 Å². The normalized spacial score (nSPS) is 12.3. The summed E-state index contributed by atoms with van der Waals surface area (Å²) < 4.78 is 8.89. The maximum atomic E-state index is 13.0. The largest absolute Gasteiger partial charge is 0.491 e. The second-order valence-electron chi connectivity index (χ2n) is 7.44. The molecule has 2 aromatic carbocycles. The zero-order valence-electron chi connectivity index (χ0n) is 17.2. The molecule has 0 bridgehead atoms. The van der Waals surface area contributed by atoms with Crippen LogP contribution in [0.3, 0.4) is 0 Å². The van der Waals surface area contributed by atoms with Gasteiger partial charge in [0.05, 0.1) is 18.4 Å². The Morgan fingerprint density at radius 1 is 1.10 bits per heavy atom. The Balaban J connectivity index is 1.57. The quantitative estimate of drug-likeness (QED) is 0.534. The van der Waals surface area contributed by atoms with Gasteiger partial charge in [0.15, 0.2) is 5.65 Å².